The Bertz CT molecular complexity index is 1220. The lowest BCUT2D eigenvalue weighted by Crippen LogP contribution is -2.40. The molecule has 0 aromatic carbocycles. The van der Waals surface area contributed by atoms with Gasteiger partial charge < -0.3 is 4.90 Å². The van der Waals surface area contributed by atoms with Gasteiger partial charge in [-0.3, -0.25) is 9.55 Å². The van der Waals surface area contributed by atoms with Gasteiger partial charge >= 0.3 is 0 Å². The van der Waals surface area contributed by atoms with Crippen LogP contribution in [-0.2, 0) is 16.6 Å². The number of fused-ring (bicyclic) bond motifs is 3. The highest BCUT2D eigenvalue weighted by Crippen LogP contribution is 2.40. The third-order valence-electron chi connectivity index (χ3n) is 5.33. The molecular weight excluding hydrogens is 416 g/mol. The van der Waals surface area contributed by atoms with E-state index in [9.17, 15) is 8.42 Å². The molecule has 31 heavy (non-hydrogen) atoms. The minimum absolute atomic E-state index is 0.0419. The van der Waals surface area contributed by atoms with Crippen LogP contribution in [0.3, 0.4) is 0 Å². The van der Waals surface area contributed by atoms with Crippen molar-refractivity contribution < 1.29 is 8.42 Å². The average Bonchev–Trinajstić information content (AvgIpc) is 3.12. The van der Waals surface area contributed by atoms with Crippen molar-refractivity contribution in [2.24, 2.45) is 0 Å². The largest absolute Gasteiger partial charge is 0.342 e. The summed E-state index contributed by atoms with van der Waals surface area (Å²) < 4.78 is 27.7. The van der Waals surface area contributed by atoms with E-state index in [1.54, 1.807) is 24.7 Å². The molecule has 0 aliphatic carbocycles. The Morgan fingerprint density at radius 1 is 1.23 bits per heavy atom. The van der Waals surface area contributed by atoms with E-state index in [-0.39, 0.29) is 18.6 Å². The van der Waals surface area contributed by atoms with Crippen molar-refractivity contribution in [2.45, 2.75) is 52.7 Å². The molecule has 1 aliphatic heterocycles. The third-order valence-corrected chi connectivity index (χ3v) is 6.00. The fourth-order valence-electron chi connectivity index (χ4n) is 3.99. The first-order valence-electron chi connectivity index (χ1n) is 10.2. The number of anilines is 1. The fourth-order valence-corrected chi connectivity index (χ4v) is 4.40. The van der Waals surface area contributed by atoms with Crippen molar-refractivity contribution in [3.8, 4) is 17.1 Å². The first-order valence-corrected chi connectivity index (χ1v) is 12.1. The molecule has 0 spiro atoms. The van der Waals surface area contributed by atoms with Gasteiger partial charge in [-0.05, 0) is 38.8 Å². The molecule has 3 aromatic rings. The summed E-state index contributed by atoms with van der Waals surface area (Å²) in [4.78, 5) is 15.9. The van der Waals surface area contributed by atoms with E-state index >= 15 is 0 Å². The molecule has 164 valence electrons. The lowest BCUT2D eigenvalue weighted by Gasteiger charge is -2.39. The zero-order valence-electron chi connectivity index (χ0n) is 18.2. The van der Waals surface area contributed by atoms with Gasteiger partial charge in [0, 0.05) is 30.5 Å². The molecule has 0 radical (unpaired) electrons. The third kappa shape index (κ3) is 3.90. The zero-order chi connectivity index (χ0) is 22.3. The van der Waals surface area contributed by atoms with Crippen LogP contribution in [0.25, 0.3) is 17.1 Å². The predicted molar refractivity (Wildman–Crippen MR) is 117 cm³/mol. The molecule has 11 heteroatoms. The number of aromatic nitrogens is 6. The van der Waals surface area contributed by atoms with Crippen molar-refractivity contribution in [1.82, 2.24) is 34.4 Å². The Labute approximate surface area is 181 Å². The van der Waals surface area contributed by atoms with Gasteiger partial charge in [0.2, 0.25) is 10.0 Å². The van der Waals surface area contributed by atoms with Gasteiger partial charge in [-0.2, -0.15) is 0 Å². The number of nitrogens with one attached hydrogen (secondary N) is 1. The molecule has 0 bridgehead atoms. The maximum atomic E-state index is 11.6. The number of rotatable bonds is 6. The van der Waals surface area contributed by atoms with Crippen LogP contribution in [0.15, 0.2) is 24.7 Å². The first kappa shape index (κ1) is 21.3. The summed E-state index contributed by atoms with van der Waals surface area (Å²) in [5, 5.41) is 8.71. The van der Waals surface area contributed by atoms with Crippen LogP contribution >= 0.6 is 0 Å². The second-order valence-corrected chi connectivity index (χ2v) is 9.73. The maximum absolute atomic E-state index is 11.6. The maximum Gasteiger partial charge on any atom is 0.209 e. The number of hydrogen-bond donors (Lipinski definition) is 1. The van der Waals surface area contributed by atoms with Gasteiger partial charge in [0.25, 0.3) is 0 Å². The van der Waals surface area contributed by atoms with E-state index in [1.807, 2.05) is 11.5 Å². The SMILES string of the molecule is CCC1c2nnc(C)n2-c2cnc(-c3ccncc3CNS(C)(=O)=O)nc2N1C(C)C. The molecule has 10 nitrogen and oxygen atoms in total. The van der Waals surface area contributed by atoms with E-state index < -0.39 is 10.0 Å². The van der Waals surface area contributed by atoms with Crippen molar-refractivity contribution in [3.63, 3.8) is 0 Å². The van der Waals surface area contributed by atoms with Crippen molar-refractivity contribution in [2.75, 3.05) is 11.2 Å². The van der Waals surface area contributed by atoms with Crippen LogP contribution in [0.4, 0.5) is 5.82 Å². The van der Waals surface area contributed by atoms with Gasteiger partial charge in [-0.25, -0.2) is 23.1 Å². The Balaban J connectivity index is 1.86. The van der Waals surface area contributed by atoms with Gasteiger partial charge in [0.15, 0.2) is 17.5 Å². The zero-order valence-corrected chi connectivity index (χ0v) is 19.1. The molecular formula is C20H26N8O2S. The minimum atomic E-state index is -3.34. The summed E-state index contributed by atoms with van der Waals surface area (Å²) in [5.41, 5.74) is 2.27. The first-order chi connectivity index (χ1) is 14.7. The molecule has 1 aliphatic rings. The number of sulfonamides is 1. The number of hydrogen-bond acceptors (Lipinski definition) is 8. The van der Waals surface area contributed by atoms with Gasteiger partial charge in [0.1, 0.15) is 11.5 Å². The van der Waals surface area contributed by atoms with Crippen LogP contribution < -0.4 is 9.62 Å². The van der Waals surface area contributed by atoms with Crippen LogP contribution in [0.2, 0.25) is 0 Å². The van der Waals surface area contributed by atoms with Crippen LogP contribution in [0.1, 0.15) is 50.4 Å². The molecule has 0 fully saturated rings. The Kier molecular flexibility index (Phi) is 5.48. The Morgan fingerprint density at radius 2 is 2.00 bits per heavy atom. The summed E-state index contributed by atoms with van der Waals surface area (Å²) >= 11 is 0. The standard InChI is InChI=1S/C20H26N8O2S/c1-6-16-20-26-25-13(4)28(20)17-11-22-18(24-19(17)27(16)12(2)3)15-7-8-21-9-14(15)10-23-31(5,29)30/h7-9,11-12,16,23H,6,10H2,1-5H3. The van der Waals surface area contributed by atoms with Crippen LogP contribution in [0, 0.1) is 6.92 Å². The van der Waals surface area contributed by atoms with Gasteiger partial charge in [0.05, 0.1) is 18.5 Å². The van der Waals surface area contributed by atoms with Crippen LogP contribution in [-0.4, -0.2) is 50.4 Å². The van der Waals surface area contributed by atoms with Crippen molar-refractivity contribution in [1.29, 1.82) is 0 Å². The second kappa shape index (κ2) is 7.97. The normalized spacial score (nSPS) is 15.8. The highest BCUT2D eigenvalue weighted by atomic mass is 32.2. The fraction of sp³-hybridized carbons (Fsp3) is 0.450. The molecule has 3 aromatic heterocycles. The smallest absolute Gasteiger partial charge is 0.209 e. The van der Waals surface area contributed by atoms with E-state index in [2.05, 4.69) is 50.6 Å². The number of aryl methyl sites for hydroxylation is 1. The van der Waals surface area contributed by atoms with E-state index in [0.29, 0.717) is 11.4 Å². The van der Waals surface area contributed by atoms with Gasteiger partial charge in [-0.1, -0.05) is 6.92 Å². The van der Waals surface area contributed by atoms with E-state index in [1.165, 1.54) is 0 Å². The summed E-state index contributed by atoms with van der Waals surface area (Å²) in [6.07, 6.45) is 7.05. The summed E-state index contributed by atoms with van der Waals surface area (Å²) in [6, 6.07) is 2.03. The topological polar surface area (TPSA) is 119 Å². The molecule has 4 rings (SSSR count). The molecule has 0 saturated heterocycles. The quantitative estimate of drug-likeness (QED) is 0.617. The summed E-state index contributed by atoms with van der Waals surface area (Å²) in [7, 11) is -3.34. The Hall–Kier alpha value is -2.92. The van der Waals surface area contributed by atoms with Crippen molar-refractivity contribution >= 4 is 15.8 Å². The average molecular weight is 443 g/mol. The molecule has 4 heterocycles. The summed E-state index contributed by atoms with van der Waals surface area (Å²) in [6.45, 7) is 8.41. The molecule has 1 N–H and O–H groups in total. The molecule has 0 saturated carbocycles. The van der Waals surface area contributed by atoms with Crippen molar-refractivity contribution in [3.05, 3.63) is 41.9 Å². The lowest BCUT2D eigenvalue weighted by molar-refractivity contribution is 0.496. The molecule has 1 atom stereocenters. The highest BCUT2D eigenvalue weighted by Gasteiger charge is 2.36. The minimum Gasteiger partial charge on any atom is -0.342 e. The second-order valence-electron chi connectivity index (χ2n) is 7.89. The number of nitrogens with zero attached hydrogens (tertiary/aromatic N) is 7. The molecule has 1 unspecified atom stereocenters. The highest BCUT2D eigenvalue weighted by molar-refractivity contribution is 7.88. The monoisotopic (exact) mass is 442 g/mol. The Morgan fingerprint density at radius 3 is 2.68 bits per heavy atom. The molecule has 0 amide bonds. The van der Waals surface area contributed by atoms with E-state index in [4.69, 9.17) is 4.98 Å². The summed E-state index contributed by atoms with van der Waals surface area (Å²) in [5.74, 6) is 3.00. The number of pyridine rings is 1. The lowest BCUT2D eigenvalue weighted by atomic mass is 10.1. The van der Waals surface area contributed by atoms with E-state index in [0.717, 1.165) is 41.4 Å². The predicted octanol–water partition coefficient (Wildman–Crippen LogP) is 2.16. The van der Waals surface area contributed by atoms with Gasteiger partial charge in [-0.15, -0.1) is 10.2 Å². The van der Waals surface area contributed by atoms with Crippen LogP contribution in [0.5, 0.6) is 0 Å².